The maximum atomic E-state index is 11.1. The molecule has 0 fully saturated rings. The molecule has 0 aromatic heterocycles. The van der Waals surface area contributed by atoms with Gasteiger partial charge < -0.3 is 0 Å². The van der Waals surface area contributed by atoms with Gasteiger partial charge in [-0.1, -0.05) is 6.07 Å². The van der Waals surface area contributed by atoms with Gasteiger partial charge in [-0.25, -0.2) is 8.42 Å². The van der Waals surface area contributed by atoms with E-state index in [9.17, 15) is 8.42 Å². The third kappa shape index (κ3) is 2.99. The van der Waals surface area contributed by atoms with Gasteiger partial charge in [-0.3, -0.25) is 4.72 Å². The van der Waals surface area contributed by atoms with Gasteiger partial charge in [0.15, 0.2) is 0 Å². The maximum Gasteiger partial charge on any atom is 0.229 e. The highest BCUT2D eigenvalue weighted by Crippen LogP contribution is 2.28. The van der Waals surface area contributed by atoms with Crippen LogP contribution in [0.5, 0.6) is 0 Å². The van der Waals surface area contributed by atoms with Crippen LogP contribution >= 0.6 is 15.9 Å². The molecule has 1 aromatic carbocycles. The van der Waals surface area contributed by atoms with E-state index in [4.69, 9.17) is 0 Å². The van der Waals surface area contributed by atoms with E-state index >= 15 is 0 Å². The summed E-state index contributed by atoms with van der Waals surface area (Å²) in [5, 5.41) is 0. The Morgan fingerprint density at radius 2 is 1.86 bits per heavy atom. The molecular formula is C9H12BrNO2S. The van der Waals surface area contributed by atoms with E-state index in [1.54, 1.807) is 0 Å². The van der Waals surface area contributed by atoms with Crippen molar-refractivity contribution in [2.45, 2.75) is 13.8 Å². The Bertz CT molecular complexity index is 431. The number of halogens is 1. The molecule has 1 N–H and O–H groups in total. The Morgan fingerprint density at radius 1 is 1.29 bits per heavy atom. The second-order valence-electron chi connectivity index (χ2n) is 3.31. The summed E-state index contributed by atoms with van der Waals surface area (Å²) in [6, 6.07) is 3.80. The molecular weight excluding hydrogens is 266 g/mol. The van der Waals surface area contributed by atoms with Crippen molar-refractivity contribution in [2.75, 3.05) is 11.0 Å². The molecule has 0 amide bonds. The van der Waals surface area contributed by atoms with Crippen molar-refractivity contribution in [3.8, 4) is 0 Å². The molecule has 1 aromatic rings. The van der Waals surface area contributed by atoms with Gasteiger partial charge in [-0.2, -0.15) is 0 Å². The molecule has 0 heterocycles. The molecule has 14 heavy (non-hydrogen) atoms. The molecule has 5 heteroatoms. The van der Waals surface area contributed by atoms with Crippen LogP contribution in [0.15, 0.2) is 16.6 Å². The van der Waals surface area contributed by atoms with Crippen LogP contribution in [0, 0.1) is 13.8 Å². The topological polar surface area (TPSA) is 46.2 Å². The minimum atomic E-state index is -3.22. The Labute approximate surface area is 92.7 Å². The van der Waals surface area contributed by atoms with Gasteiger partial charge in [-0.05, 0) is 47.0 Å². The molecule has 0 atom stereocenters. The first kappa shape index (κ1) is 11.5. The van der Waals surface area contributed by atoms with Gasteiger partial charge in [0.05, 0.1) is 11.9 Å². The van der Waals surface area contributed by atoms with Gasteiger partial charge >= 0.3 is 0 Å². The molecule has 0 radical (unpaired) electrons. The Morgan fingerprint density at radius 3 is 2.29 bits per heavy atom. The smallest absolute Gasteiger partial charge is 0.229 e. The highest BCUT2D eigenvalue weighted by molar-refractivity contribution is 9.10. The molecule has 0 unspecified atom stereocenters. The van der Waals surface area contributed by atoms with Crippen LogP contribution in [0.25, 0.3) is 0 Å². The van der Waals surface area contributed by atoms with Crippen LogP contribution < -0.4 is 4.72 Å². The number of rotatable bonds is 2. The van der Waals surface area contributed by atoms with E-state index < -0.39 is 10.0 Å². The Hall–Kier alpha value is -0.550. The van der Waals surface area contributed by atoms with Crippen LogP contribution in [-0.2, 0) is 10.0 Å². The predicted octanol–water partition coefficient (Wildman–Crippen LogP) is 2.44. The van der Waals surface area contributed by atoms with Gasteiger partial charge in [0.25, 0.3) is 0 Å². The minimum absolute atomic E-state index is 0.609. The van der Waals surface area contributed by atoms with Crippen LogP contribution in [0.2, 0.25) is 0 Å². The normalized spacial score (nSPS) is 11.4. The summed E-state index contributed by atoms with van der Waals surface area (Å²) in [5.41, 5.74) is 2.61. The van der Waals surface area contributed by atoms with Crippen molar-refractivity contribution in [3.05, 3.63) is 27.7 Å². The largest absolute Gasteiger partial charge is 0.282 e. The van der Waals surface area contributed by atoms with E-state index in [1.165, 1.54) is 0 Å². The zero-order valence-electron chi connectivity index (χ0n) is 8.26. The van der Waals surface area contributed by atoms with Gasteiger partial charge in [0.2, 0.25) is 10.0 Å². The van der Waals surface area contributed by atoms with Crippen molar-refractivity contribution < 1.29 is 8.42 Å². The van der Waals surface area contributed by atoms with E-state index in [-0.39, 0.29) is 0 Å². The number of hydrogen-bond acceptors (Lipinski definition) is 2. The zero-order chi connectivity index (χ0) is 10.9. The molecule has 0 aliphatic rings. The van der Waals surface area contributed by atoms with Crippen molar-refractivity contribution in [1.29, 1.82) is 0 Å². The lowest BCUT2D eigenvalue weighted by molar-refractivity contribution is 0.606. The van der Waals surface area contributed by atoms with Crippen LogP contribution in [0.4, 0.5) is 5.69 Å². The number of anilines is 1. The highest BCUT2D eigenvalue weighted by Gasteiger charge is 2.09. The summed E-state index contributed by atoms with van der Waals surface area (Å²) in [6.07, 6.45) is 1.14. The standard InChI is InChI=1S/C9H12BrNO2S/c1-6-4-7(2)9(8(10)5-6)11-14(3,12)13/h4-5,11H,1-3H3. The molecule has 1 rings (SSSR count). The molecule has 0 spiro atoms. The van der Waals surface area contributed by atoms with Crippen molar-refractivity contribution in [1.82, 2.24) is 0 Å². The monoisotopic (exact) mass is 277 g/mol. The van der Waals surface area contributed by atoms with E-state index in [2.05, 4.69) is 20.7 Å². The maximum absolute atomic E-state index is 11.1. The SMILES string of the molecule is Cc1cc(C)c(NS(C)(=O)=O)c(Br)c1. The third-order valence-electron chi connectivity index (χ3n) is 1.72. The summed E-state index contributed by atoms with van der Waals surface area (Å²) < 4.78 is 25.4. The van der Waals surface area contributed by atoms with E-state index in [0.29, 0.717) is 5.69 Å². The van der Waals surface area contributed by atoms with Crippen molar-refractivity contribution in [2.24, 2.45) is 0 Å². The predicted molar refractivity (Wildman–Crippen MR) is 62.1 cm³/mol. The first-order valence-electron chi connectivity index (χ1n) is 4.04. The average Bonchev–Trinajstić information content (AvgIpc) is 1.95. The average molecular weight is 278 g/mol. The summed E-state index contributed by atoms with van der Waals surface area (Å²) >= 11 is 3.32. The fourth-order valence-corrected chi connectivity index (χ4v) is 2.78. The molecule has 0 bridgehead atoms. The summed E-state index contributed by atoms with van der Waals surface area (Å²) in [4.78, 5) is 0. The number of sulfonamides is 1. The Kier molecular flexibility index (Phi) is 3.21. The first-order valence-corrected chi connectivity index (χ1v) is 6.72. The first-order chi connectivity index (χ1) is 6.29. The lowest BCUT2D eigenvalue weighted by atomic mass is 10.1. The lowest BCUT2D eigenvalue weighted by Gasteiger charge is -2.10. The van der Waals surface area contributed by atoms with E-state index in [1.807, 2.05) is 26.0 Å². The molecule has 3 nitrogen and oxygen atoms in total. The molecule has 78 valence electrons. The summed E-state index contributed by atoms with van der Waals surface area (Å²) in [7, 11) is -3.22. The summed E-state index contributed by atoms with van der Waals surface area (Å²) in [6.45, 7) is 3.83. The zero-order valence-corrected chi connectivity index (χ0v) is 10.7. The summed E-state index contributed by atoms with van der Waals surface area (Å²) in [5.74, 6) is 0. The fraction of sp³-hybridized carbons (Fsp3) is 0.333. The van der Waals surface area contributed by atoms with E-state index in [0.717, 1.165) is 21.9 Å². The Balaban J connectivity index is 3.22. The minimum Gasteiger partial charge on any atom is -0.282 e. The van der Waals surface area contributed by atoms with Gasteiger partial charge in [0.1, 0.15) is 0 Å². The molecule has 0 aliphatic heterocycles. The molecule has 0 saturated heterocycles. The van der Waals surface area contributed by atoms with Crippen LogP contribution in [0.1, 0.15) is 11.1 Å². The van der Waals surface area contributed by atoms with Crippen LogP contribution in [-0.4, -0.2) is 14.7 Å². The number of hydrogen-bond donors (Lipinski definition) is 1. The van der Waals surface area contributed by atoms with Gasteiger partial charge in [-0.15, -0.1) is 0 Å². The quantitative estimate of drug-likeness (QED) is 0.903. The van der Waals surface area contributed by atoms with Gasteiger partial charge in [0, 0.05) is 4.47 Å². The van der Waals surface area contributed by atoms with Crippen LogP contribution in [0.3, 0.4) is 0 Å². The fourth-order valence-electron chi connectivity index (χ4n) is 1.23. The number of nitrogens with one attached hydrogen (secondary N) is 1. The number of aryl methyl sites for hydroxylation is 2. The second kappa shape index (κ2) is 3.90. The lowest BCUT2D eigenvalue weighted by Crippen LogP contribution is -2.11. The third-order valence-corrected chi connectivity index (χ3v) is 2.92. The molecule has 0 aliphatic carbocycles. The van der Waals surface area contributed by atoms with Crippen molar-refractivity contribution in [3.63, 3.8) is 0 Å². The van der Waals surface area contributed by atoms with Crippen molar-refractivity contribution >= 4 is 31.6 Å². The number of benzene rings is 1. The molecule has 0 saturated carbocycles. The second-order valence-corrected chi connectivity index (χ2v) is 5.92. The highest BCUT2D eigenvalue weighted by atomic mass is 79.9.